The van der Waals surface area contributed by atoms with Gasteiger partial charge in [-0.05, 0) is 109 Å². The first-order valence-corrected chi connectivity index (χ1v) is 33.5. The highest BCUT2D eigenvalue weighted by atomic mass is 16.6. The molecular weight excluding hydrogens is 985 g/mol. The largest absolute Gasteiger partial charge is 0.462 e. The van der Waals surface area contributed by atoms with E-state index in [2.05, 4.69) is 142 Å². The highest BCUT2D eigenvalue weighted by Crippen LogP contribution is 2.16. The van der Waals surface area contributed by atoms with Crippen LogP contribution in [0.25, 0.3) is 0 Å². The molecule has 6 nitrogen and oxygen atoms in total. The van der Waals surface area contributed by atoms with Gasteiger partial charge < -0.3 is 14.2 Å². The van der Waals surface area contributed by atoms with E-state index in [-0.39, 0.29) is 31.1 Å². The topological polar surface area (TPSA) is 78.9 Å². The molecule has 0 aromatic heterocycles. The van der Waals surface area contributed by atoms with Crippen molar-refractivity contribution in [2.45, 2.75) is 316 Å². The number of rotatable bonds is 60. The molecular formula is C74H124O6. The zero-order chi connectivity index (χ0) is 57.8. The average molecular weight is 1110 g/mol. The molecule has 0 fully saturated rings. The van der Waals surface area contributed by atoms with Gasteiger partial charge in [0.25, 0.3) is 0 Å². The van der Waals surface area contributed by atoms with E-state index in [4.69, 9.17) is 14.2 Å². The van der Waals surface area contributed by atoms with Crippen molar-refractivity contribution in [3.05, 3.63) is 122 Å². The van der Waals surface area contributed by atoms with Crippen LogP contribution in [0.2, 0.25) is 0 Å². The second-order valence-corrected chi connectivity index (χ2v) is 22.0. The van der Waals surface area contributed by atoms with E-state index in [1.165, 1.54) is 141 Å². The molecule has 0 aliphatic rings. The van der Waals surface area contributed by atoms with Gasteiger partial charge in [-0.1, -0.05) is 303 Å². The first-order valence-electron chi connectivity index (χ1n) is 33.5. The third-order valence-corrected chi connectivity index (χ3v) is 14.2. The minimum atomic E-state index is -0.786. The highest BCUT2D eigenvalue weighted by Gasteiger charge is 2.19. The lowest BCUT2D eigenvalue weighted by atomic mass is 10.0. The molecule has 0 saturated carbocycles. The summed E-state index contributed by atoms with van der Waals surface area (Å²) < 4.78 is 16.9. The number of esters is 3. The number of hydrogen-bond acceptors (Lipinski definition) is 6. The molecule has 0 bridgehead atoms. The molecule has 0 aliphatic heterocycles. The van der Waals surface area contributed by atoms with Gasteiger partial charge in [0.1, 0.15) is 13.2 Å². The van der Waals surface area contributed by atoms with Crippen LogP contribution < -0.4 is 0 Å². The molecule has 1 unspecified atom stereocenters. The number of allylic oxidation sites excluding steroid dienone is 20. The van der Waals surface area contributed by atoms with Crippen LogP contribution in [0.1, 0.15) is 310 Å². The van der Waals surface area contributed by atoms with E-state index in [9.17, 15) is 14.4 Å². The van der Waals surface area contributed by atoms with E-state index in [0.29, 0.717) is 19.3 Å². The van der Waals surface area contributed by atoms with Crippen LogP contribution in [0.5, 0.6) is 0 Å². The van der Waals surface area contributed by atoms with Gasteiger partial charge >= 0.3 is 17.9 Å². The molecule has 80 heavy (non-hydrogen) atoms. The van der Waals surface area contributed by atoms with Gasteiger partial charge in [0.15, 0.2) is 6.10 Å². The maximum Gasteiger partial charge on any atom is 0.306 e. The predicted molar refractivity (Wildman–Crippen MR) is 348 cm³/mol. The van der Waals surface area contributed by atoms with Crippen molar-refractivity contribution in [1.29, 1.82) is 0 Å². The lowest BCUT2D eigenvalue weighted by molar-refractivity contribution is -0.167. The highest BCUT2D eigenvalue weighted by molar-refractivity contribution is 5.71. The third kappa shape index (κ3) is 64.6. The molecule has 0 amide bonds. The van der Waals surface area contributed by atoms with Crippen molar-refractivity contribution in [2.75, 3.05) is 13.2 Å². The lowest BCUT2D eigenvalue weighted by Crippen LogP contribution is -2.30. The summed E-state index contributed by atoms with van der Waals surface area (Å²) in [7, 11) is 0. The Labute approximate surface area is 494 Å². The summed E-state index contributed by atoms with van der Waals surface area (Å²) >= 11 is 0. The second-order valence-electron chi connectivity index (χ2n) is 22.0. The maximum atomic E-state index is 12.9. The minimum absolute atomic E-state index is 0.0815. The molecule has 0 spiro atoms. The maximum absolute atomic E-state index is 12.9. The average Bonchev–Trinajstić information content (AvgIpc) is 3.46. The SMILES string of the molecule is CC/C=C\C/C=C\C/C=C\C/C=C\C/C=C\C/C=C\CCCCCCCCCCCCC(=O)OCC(COC(=O)CCCCCCCCCCCCCC)OC(=O)CCCCCCCCCC/C=C\C/C=C\C/C=C\C/C=C\CC. The van der Waals surface area contributed by atoms with Gasteiger partial charge in [-0.15, -0.1) is 0 Å². The van der Waals surface area contributed by atoms with Crippen LogP contribution >= 0.6 is 0 Å². The third-order valence-electron chi connectivity index (χ3n) is 14.2. The minimum Gasteiger partial charge on any atom is -0.462 e. The van der Waals surface area contributed by atoms with Crippen molar-refractivity contribution in [3.63, 3.8) is 0 Å². The van der Waals surface area contributed by atoms with Crippen LogP contribution in [0.4, 0.5) is 0 Å². The number of ether oxygens (including phenoxy) is 3. The Morgan fingerprint density at radius 1 is 0.263 bits per heavy atom. The standard InChI is InChI=1S/C74H124O6/c1-4-7-10-13-16-19-22-25-27-29-31-33-34-35-36-37-38-39-40-42-43-45-47-49-52-55-58-61-64-67-73(76)79-70-71(69-78-72(75)66-63-60-57-54-51-24-21-18-15-12-9-6-3)80-74(77)68-65-62-59-56-53-50-48-46-44-41-32-30-28-26-23-20-17-14-11-8-5-2/h7-8,10-11,16-17,19-20,25-28,31-33,35-36,38-39,41,71H,4-6,9,12-15,18,21-24,29-30,34,37,40,42-70H2,1-3H3/b10-7-,11-8-,19-16-,20-17-,27-25-,28-26-,33-31-,36-35-,39-38-,41-32-. The van der Waals surface area contributed by atoms with Crippen LogP contribution in [-0.4, -0.2) is 37.2 Å². The van der Waals surface area contributed by atoms with Gasteiger partial charge in [0.05, 0.1) is 0 Å². The summed E-state index contributed by atoms with van der Waals surface area (Å²) in [6, 6.07) is 0. The first kappa shape index (κ1) is 75.8. The second kappa shape index (κ2) is 67.3. The van der Waals surface area contributed by atoms with E-state index in [0.717, 1.165) is 128 Å². The Morgan fingerprint density at radius 3 is 0.762 bits per heavy atom. The van der Waals surface area contributed by atoms with Crippen molar-refractivity contribution in [2.24, 2.45) is 0 Å². The normalized spacial score (nSPS) is 12.9. The monoisotopic (exact) mass is 1110 g/mol. The summed E-state index contributed by atoms with van der Waals surface area (Å²) in [5.74, 6) is -0.886. The van der Waals surface area contributed by atoms with Gasteiger partial charge in [-0.3, -0.25) is 14.4 Å². The lowest BCUT2D eigenvalue weighted by Gasteiger charge is -2.18. The molecule has 0 radical (unpaired) electrons. The fourth-order valence-corrected chi connectivity index (χ4v) is 9.26. The Hall–Kier alpha value is -4.19. The quantitative estimate of drug-likeness (QED) is 0.0261. The fraction of sp³-hybridized carbons (Fsp3) is 0.689. The molecule has 0 aromatic carbocycles. The zero-order valence-corrected chi connectivity index (χ0v) is 52.3. The van der Waals surface area contributed by atoms with E-state index in [1.54, 1.807) is 0 Å². The molecule has 456 valence electrons. The smallest absolute Gasteiger partial charge is 0.306 e. The van der Waals surface area contributed by atoms with Crippen LogP contribution in [0, 0.1) is 0 Å². The van der Waals surface area contributed by atoms with Crippen LogP contribution in [0.3, 0.4) is 0 Å². The Kier molecular flexibility index (Phi) is 63.8. The molecule has 0 saturated heterocycles. The molecule has 1 atom stereocenters. The van der Waals surface area contributed by atoms with E-state index in [1.807, 2.05) is 0 Å². The summed E-state index contributed by atoms with van der Waals surface area (Å²) in [6.45, 7) is 6.42. The van der Waals surface area contributed by atoms with E-state index >= 15 is 0 Å². The van der Waals surface area contributed by atoms with Crippen molar-refractivity contribution >= 4 is 17.9 Å². The molecule has 6 heteroatoms. The van der Waals surface area contributed by atoms with Crippen molar-refractivity contribution < 1.29 is 28.6 Å². The summed E-state index contributed by atoms with van der Waals surface area (Å²) in [5, 5.41) is 0. The number of unbranched alkanes of at least 4 members (excludes halogenated alkanes) is 29. The Balaban J connectivity index is 4.30. The van der Waals surface area contributed by atoms with Gasteiger partial charge in [-0.25, -0.2) is 0 Å². The molecule has 0 heterocycles. The first-order chi connectivity index (χ1) is 39.5. The Bertz CT molecular complexity index is 1650. The number of carbonyl (C=O) groups is 3. The molecule has 0 aromatic rings. The summed E-state index contributed by atoms with van der Waals surface area (Å²) in [5.41, 5.74) is 0. The Morgan fingerprint density at radius 2 is 0.487 bits per heavy atom. The van der Waals surface area contributed by atoms with Crippen molar-refractivity contribution in [3.8, 4) is 0 Å². The summed E-state index contributed by atoms with van der Waals surface area (Å²) in [6.07, 6.45) is 93.5. The van der Waals surface area contributed by atoms with Crippen LogP contribution in [-0.2, 0) is 28.6 Å². The van der Waals surface area contributed by atoms with Crippen LogP contribution in [0.15, 0.2) is 122 Å². The number of hydrogen-bond donors (Lipinski definition) is 0. The number of carbonyl (C=O) groups excluding carboxylic acids is 3. The zero-order valence-electron chi connectivity index (χ0n) is 52.3. The van der Waals surface area contributed by atoms with Gasteiger partial charge in [-0.2, -0.15) is 0 Å². The van der Waals surface area contributed by atoms with Crippen molar-refractivity contribution in [1.82, 2.24) is 0 Å². The predicted octanol–water partition coefficient (Wildman–Crippen LogP) is 23.2. The fourth-order valence-electron chi connectivity index (χ4n) is 9.26. The van der Waals surface area contributed by atoms with E-state index < -0.39 is 6.10 Å². The van der Waals surface area contributed by atoms with Gasteiger partial charge in [0.2, 0.25) is 0 Å². The molecule has 0 aliphatic carbocycles. The van der Waals surface area contributed by atoms with Gasteiger partial charge in [0, 0.05) is 19.3 Å². The molecule has 0 rings (SSSR count). The molecule has 0 N–H and O–H groups in total. The summed E-state index contributed by atoms with van der Waals surface area (Å²) in [4.78, 5) is 38.4.